The highest BCUT2D eigenvalue weighted by molar-refractivity contribution is 6.34. The number of rotatable bonds is 6. The van der Waals surface area contributed by atoms with E-state index in [1.807, 2.05) is 13.0 Å². The molecule has 0 aliphatic carbocycles. The van der Waals surface area contributed by atoms with Crippen LogP contribution in [0.1, 0.15) is 21.5 Å². The summed E-state index contributed by atoms with van der Waals surface area (Å²) in [6.07, 6.45) is 1.30. The molecule has 0 atom stereocenters. The van der Waals surface area contributed by atoms with E-state index >= 15 is 0 Å². The molecule has 0 fully saturated rings. The zero-order chi connectivity index (χ0) is 23.3. The molecular weight excluding hydrogens is 437 g/mol. The Balaban J connectivity index is 1.96. The highest BCUT2D eigenvalue weighted by Crippen LogP contribution is 2.20. The molecule has 3 aromatic carbocycles. The topological polar surface area (TPSA) is 101 Å². The van der Waals surface area contributed by atoms with Crippen LogP contribution >= 0.6 is 11.6 Å². The van der Waals surface area contributed by atoms with Crippen LogP contribution in [0.4, 0.5) is 15.8 Å². The zero-order valence-corrected chi connectivity index (χ0v) is 17.5. The molecule has 0 aromatic heterocycles. The molecule has 7 nitrogen and oxygen atoms in total. The van der Waals surface area contributed by atoms with Crippen LogP contribution in [0.3, 0.4) is 0 Å². The third-order valence-electron chi connectivity index (χ3n) is 4.34. The molecule has 0 aliphatic heterocycles. The largest absolute Gasteiger partial charge is 0.321 e. The van der Waals surface area contributed by atoms with Crippen LogP contribution < -0.4 is 10.6 Å². The number of nitro groups is 1. The van der Waals surface area contributed by atoms with Gasteiger partial charge in [0.1, 0.15) is 11.5 Å². The number of nitrogens with one attached hydrogen (secondary N) is 2. The van der Waals surface area contributed by atoms with Crippen LogP contribution in [0, 0.1) is 22.9 Å². The van der Waals surface area contributed by atoms with Crippen LogP contribution in [-0.4, -0.2) is 16.7 Å². The molecule has 0 saturated heterocycles. The lowest BCUT2D eigenvalue weighted by atomic mass is 10.1. The van der Waals surface area contributed by atoms with E-state index in [9.17, 15) is 24.1 Å². The van der Waals surface area contributed by atoms with Gasteiger partial charge in [0, 0.05) is 17.8 Å². The predicted molar refractivity (Wildman–Crippen MR) is 120 cm³/mol. The second kappa shape index (κ2) is 9.84. The number of amides is 2. The van der Waals surface area contributed by atoms with Gasteiger partial charge in [-0.2, -0.15) is 0 Å². The third kappa shape index (κ3) is 5.77. The Morgan fingerprint density at radius 3 is 2.50 bits per heavy atom. The monoisotopic (exact) mass is 453 g/mol. The zero-order valence-electron chi connectivity index (χ0n) is 16.8. The van der Waals surface area contributed by atoms with Crippen LogP contribution in [0.5, 0.6) is 0 Å². The van der Waals surface area contributed by atoms with E-state index in [1.54, 1.807) is 24.3 Å². The van der Waals surface area contributed by atoms with Crippen molar-refractivity contribution >= 4 is 40.9 Å². The van der Waals surface area contributed by atoms with Gasteiger partial charge in [-0.15, -0.1) is 0 Å². The molecule has 9 heteroatoms. The number of non-ortho nitro benzene ring substituents is 1. The second-order valence-electron chi connectivity index (χ2n) is 6.81. The summed E-state index contributed by atoms with van der Waals surface area (Å²) in [6.45, 7) is 1.85. The molecule has 2 N–H and O–H groups in total. The van der Waals surface area contributed by atoms with Crippen molar-refractivity contribution in [3.63, 3.8) is 0 Å². The van der Waals surface area contributed by atoms with Gasteiger partial charge >= 0.3 is 0 Å². The SMILES string of the molecule is Cc1cccc(NC(=O)/C(=C/c2cccc([N+](=O)[O-])c2)NC(=O)c2ccc(F)cc2Cl)c1. The van der Waals surface area contributed by atoms with Gasteiger partial charge < -0.3 is 10.6 Å². The molecule has 0 heterocycles. The fourth-order valence-corrected chi connectivity index (χ4v) is 3.09. The van der Waals surface area contributed by atoms with Crippen molar-refractivity contribution in [3.8, 4) is 0 Å². The van der Waals surface area contributed by atoms with Crippen molar-refractivity contribution in [1.29, 1.82) is 0 Å². The first-order chi connectivity index (χ1) is 15.2. The van der Waals surface area contributed by atoms with E-state index in [-0.39, 0.29) is 22.0 Å². The van der Waals surface area contributed by atoms with E-state index in [1.165, 1.54) is 30.3 Å². The highest BCUT2D eigenvalue weighted by atomic mass is 35.5. The van der Waals surface area contributed by atoms with Crippen LogP contribution in [0.2, 0.25) is 5.02 Å². The number of carbonyl (C=O) groups is 2. The van der Waals surface area contributed by atoms with Gasteiger partial charge in [0.15, 0.2) is 0 Å². The van der Waals surface area contributed by atoms with Gasteiger partial charge in [0.25, 0.3) is 17.5 Å². The summed E-state index contributed by atoms with van der Waals surface area (Å²) in [5.41, 5.74) is 1.33. The minimum atomic E-state index is -0.744. The van der Waals surface area contributed by atoms with E-state index in [4.69, 9.17) is 11.6 Å². The summed E-state index contributed by atoms with van der Waals surface area (Å²) in [6, 6.07) is 15.8. The third-order valence-corrected chi connectivity index (χ3v) is 4.65. The normalized spacial score (nSPS) is 11.0. The summed E-state index contributed by atoms with van der Waals surface area (Å²) >= 11 is 5.95. The highest BCUT2D eigenvalue weighted by Gasteiger charge is 2.18. The standard InChI is InChI=1S/C23H17ClFN3O4/c1-14-4-2-6-17(10-14)26-23(30)21(12-15-5-3-7-18(11-15)28(31)32)27-22(29)19-9-8-16(25)13-20(19)24/h2-13H,1H3,(H,26,30)(H,27,29)/b21-12-. The Hall–Kier alpha value is -4.04. The molecule has 162 valence electrons. The quantitative estimate of drug-likeness (QED) is 0.308. The van der Waals surface area contributed by atoms with Crippen LogP contribution in [0.15, 0.2) is 72.4 Å². The minimum Gasteiger partial charge on any atom is -0.321 e. The van der Waals surface area contributed by atoms with Crippen molar-refractivity contribution in [2.45, 2.75) is 6.92 Å². The molecule has 2 amide bonds. The molecule has 0 aliphatic rings. The van der Waals surface area contributed by atoms with Gasteiger partial charge in [-0.25, -0.2) is 4.39 Å². The second-order valence-corrected chi connectivity index (χ2v) is 7.22. The number of nitrogens with zero attached hydrogens (tertiary/aromatic N) is 1. The van der Waals surface area contributed by atoms with Gasteiger partial charge in [0.2, 0.25) is 0 Å². The maximum absolute atomic E-state index is 13.3. The maximum Gasteiger partial charge on any atom is 0.272 e. The lowest BCUT2D eigenvalue weighted by Crippen LogP contribution is -2.31. The van der Waals surface area contributed by atoms with Gasteiger partial charge in [-0.3, -0.25) is 19.7 Å². The van der Waals surface area contributed by atoms with Crippen molar-refractivity contribution in [2.75, 3.05) is 5.32 Å². The number of nitro benzene ring substituents is 1. The molecule has 0 radical (unpaired) electrons. The summed E-state index contributed by atoms with van der Waals surface area (Å²) in [4.78, 5) is 36.1. The summed E-state index contributed by atoms with van der Waals surface area (Å²) in [5.74, 6) is -2.02. The van der Waals surface area contributed by atoms with Crippen molar-refractivity contribution in [3.05, 3.63) is 110 Å². The average Bonchev–Trinajstić information content (AvgIpc) is 2.73. The number of hydrogen-bond acceptors (Lipinski definition) is 4. The van der Waals surface area contributed by atoms with Gasteiger partial charge in [-0.1, -0.05) is 35.9 Å². The molecule has 32 heavy (non-hydrogen) atoms. The van der Waals surface area contributed by atoms with Gasteiger partial charge in [-0.05, 0) is 54.5 Å². The smallest absolute Gasteiger partial charge is 0.272 e. The Bertz CT molecular complexity index is 1240. The molecule has 0 bridgehead atoms. The number of halogens is 2. The lowest BCUT2D eigenvalue weighted by molar-refractivity contribution is -0.384. The Morgan fingerprint density at radius 2 is 1.81 bits per heavy atom. The van der Waals surface area contributed by atoms with E-state index < -0.39 is 22.6 Å². The Morgan fingerprint density at radius 1 is 1.06 bits per heavy atom. The first-order valence-corrected chi connectivity index (χ1v) is 9.71. The minimum absolute atomic E-state index is 0.0404. The Labute approximate surface area is 187 Å². The molecule has 3 rings (SSSR count). The molecule has 3 aromatic rings. The number of benzene rings is 3. The maximum atomic E-state index is 13.3. The first-order valence-electron chi connectivity index (χ1n) is 9.33. The van der Waals surface area contributed by atoms with Crippen molar-refractivity contribution in [2.24, 2.45) is 0 Å². The van der Waals surface area contributed by atoms with E-state index in [2.05, 4.69) is 10.6 Å². The molecule has 0 unspecified atom stereocenters. The predicted octanol–water partition coefficient (Wildman–Crippen LogP) is 5.11. The van der Waals surface area contributed by atoms with E-state index in [0.717, 1.165) is 17.7 Å². The number of anilines is 1. The van der Waals surface area contributed by atoms with Crippen LogP contribution in [-0.2, 0) is 4.79 Å². The summed E-state index contributed by atoms with van der Waals surface area (Å²) in [7, 11) is 0. The van der Waals surface area contributed by atoms with E-state index in [0.29, 0.717) is 11.3 Å². The van der Waals surface area contributed by atoms with Gasteiger partial charge in [0.05, 0.1) is 15.5 Å². The number of hydrogen-bond donors (Lipinski definition) is 2. The van der Waals surface area contributed by atoms with Crippen LogP contribution in [0.25, 0.3) is 6.08 Å². The van der Waals surface area contributed by atoms with Crippen molar-refractivity contribution < 1.29 is 18.9 Å². The summed E-state index contributed by atoms with van der Waals surface area (Å²) in [5, 5.41) is 16.1. The lowest BCUT2D eigenvalue weighted by Gasteiger charge is -2.12. The number of aryl methyl sites for hydroxylation is 1. The molecular formula is C23H17ClFN3O4. The summed E-state index contributed by atoms with van der Waals surface area (Å²) < 4.78 is 13.3. The fraction of sp³-hybridized carbons (Fsp3) is 0.0435. The Kier molecular flexibility index (Phi) is 6.97. The molecule has 0 spiro atoms. The van der Waals surface area contributed by atoms with Crippen molar-refractivity contribution in [1.82, 2.24) is 5.32 Å². The first kappa shape index (κ1) is 22.6. The number of carbonyl (C=O) groups excluding carboxylic acids is 2. The molecule has 0 saturated carbocycles. The average molecular weight is 454 g/mol. The fourth-order valence-electron chi connectivity index (χ4n) is 2.84.